The number of aromatic nitrogens is 3. The molecule has 2 N–H and O–H groups in total. The van der Waals surface area contributed by atoms with E-state index in [-0.39, 0.29) is 18.5 Å². The van der Waals surface area contributed by atoms with E-state index in [0.717, 1.165) is 11.3 Å². The maximum Gasteiger partial charge on any atom is 0.264 e. The maximum absolute atomic E-state index is 12.0. The Morgan fingerprint density at radius 2 is 1.85 bits per heavy atom. The molecule has 0 unspecified atom stereocenters. The van der Waals surface area contributed by atoms with Crippen LogP contribution >= 0.6 is 23.4 Å². The normalized spacial score (nSPS) is 10.4. The van der Waals surface area contributed by atoms with E-state index in [9.17, 15) is 4.79 Å². The zero-order chi connectivity index (χ0) is 19.1. The molecule has 27 heavy (non-hydrogen) atoms. The van der Waals surface area contributed by atoms with E-state index in [1.165, 1.54) is 11.8 Å². The summed E-state index contributed by atoms with van der Waals surface area (Å²) < 4.78 is 10.5. The molecular weight excluding hydrogens is 388 g/mol. The van der Waals surface area contributed by atoms with Gasteiger partial charge < -0.3 is 9.47 Å². The van der Waals surface area contributed by atoms with Crippen molar-refractivity contribution < 1.29 is 14.3 Å². The Labute approximate surface area is 165 Å². The van der Waals surface area contributed by atoms with Gasteiger partial charge in [0.2, 0.25) is 11.1 Å². The second-order valence-corrected chi connectivity index (χ2v) is 6.77. The number of amides is 1. The highest BCUT2D eigenvalue weighted by Gasteiger charge is 2.09. The quantitative estimate of drug-likeness (QED) is 0.555. The summed E-state index contributed by atoms with van der Waals surface area (Å²) in [7, 11) is 1.59. The standard InChI is InChI=1S/C18H17ClN4O3S/c1-25-14-6-8-15(9-7-14)26-10-16(24)20-17-21-18(23-22-17)27-11-12-2-4-13(19)5-3-12/h2-9H,10-11H2,1H3,(H2,20,21,22,23,24). The summed E-state index contributed by atoms with van der Waals surface area (Å²) in [4.78, 5) is 16.2. The Balaban J connectivity index is 1.44. The van der Waals surface area contributed by atoms with Crippen molar-refractivity contribution in [2.75, 3.05) is 19.0 Å². The molecule has 3 aromatic rings. The number of nitrogens with one attached hydrogen (secondary N) is 2. The van der Waals surface area contributed by atoms with Crippen molar-refractivity contribution >= 4 is 35.2 Å². The lowest BCUT2D eigenvalue weighted by Crippen LogP contribution is -2.20. The third kappa shape index (κ3) is 5.90. The van der Waals surface area contributed by atoms with Crippen LogP contribution in [0.4, 0.5) is 5.95 Å². The molecule has 0 saturated heterocycles. The van der Waals surface area contributed by atoms with Crippen LogP contribution in [-0.4, -0.2) is 34.8 Å². The van der Waals surface area contributed by atoms with Crippen molar-refractivity contribution in [3.63, 3.8) is 0 Å². The SMILES string of the molecule is COc1ccc(OCC(=O)Nc2nc(SCc3ccc(Cl)cc3)n[nH]2)cc1. The van der Waals surface area contributed by atoms with Gasteiger partial charge in [-0.2, -0.15) is 4.98 Å². The van der Waals surface area contributed by atoms with Gasteiger partial charge in [-0.15, -0.1) is 5.10 Å². The van der Waals surface area contributed by atoms with Crippen LogP contribution in [0.25, 0.3) is 0 Å². The average molecular weight is 405 g/mol. The highest BCUT2D eigenvalue weighted by atomic mass is 35.5. The van der Waals surface area contributed by atoms with Gasteiger partial charge in [0, 0.05) is 10.8 Å². The lowest BCUT2D eigenvalue weighted by molar-refractivity contribution is -0.118. The van der Waals surface area contributed by atoms with Crippen molar-refractivity contribution in [1.29, 1.82) is 0 Å². The highest BCUT2D eigenvalue weighted by Crippen LogP contribution is 2.21. The van der Waals surface area contributed by atoms with Crippen molar-refractivity contribution in [2.24, 2.45) is 0 Å². The number of carbonyl (C=O) groups excluding carboxylic acids is 1. The summed E-state index contributed by atoms with van der Waals surface area (Å²) in [5, 5.41) is 10.6. The third-order valence-electron chi connectivity index (χ3n) is 3.43. The van der Waals surface area contributed by atoms with Gasteiger partial charge >= 0.3 is 0 Å². The monoisotopic (exact) mass is 404 g/mol. The highest BCUT2D eigenvalue weighted by molar-refractivity contribution is 7.98. The largest absolute Gasteiger partial charge is 0.497 e. The third-order valence-corrected chi connectivity index (χ3v) is 4.60. The van der Waals surface area contributed by atoms with Crippen LogP contribution in [-0.2, 0) is 10.5 Å². The summed E-state index contributed by atoms with van der Waals surface area (Å²) >= 11 is 7.32. The summed E-state index contributed by atoms with van der Waals surface area (Å²) in [5.41, 5.74) is 1.10. The van der Waals surface area contributed by atoms with Gasteiger partial charge in [-0.1, -0.05) is 35.5 Å². The Kier molecular flexibility index (Phi) is 6.56. The first kappa shape index (κ1) is 19.1. The van der Waals surface area contributed by atoms with Gasteiger partial charge in [0.05, 0.1) is 7.11 Å². The second-order valence-electron chi connectivity index (χ2n) is 5.39. The molecule has 0 saturated carbocycles. The van der Waals surface area contributed by atoms with Crippen LogP contribution in [0.2, 0.25) is 5.02 Å². The van der Waals surface area contributed by atoms with E-state index >= 15 is 0 Å². The fraction of sp³-hybridized carbons (Fsp3) is 0.167. The van der Waals surface area contributed by atoms with Gasteiger partial charge in [0.25, 0.3) is 5.91 Å². The zero-order valence-electron chi connectivity index (χ0n) is 14.4. The van der Waals surface area contributed by atoms with E-state index in [2.05, 4.69) is 20.5 Å². The molecule has 0 aliphatic heterocycles. The van der Waals surface area contributed by atoms with Gasteiger partial charge in [-0.05, 0) is 42.0 Å². The minimum absolute atomic E-state index is 0.139. The van der Waals surface area contributed by atoms with E-state index in [4.69, 9.17) is 21.1 Å². The number of anilines is 1. The summed E-state index contributed by atoms with van der Waals surface area (Å²) in [6.45, 7) is -0.139. The number of hydrogen-bond acceptors (Lipinski definition) is 6. The van der Waals surface area contributed by atoms with Gasteiger partial charge in [-0.3, -0.25) is 10.1 Å². The second kappa shape index (κ2) is 9.29. The Morgan fingerprint density at radius 1 is 1.15 bits per heavy atom. The van der Waals surface area contributed by atoms with Crippen LogP contribution in [0.5, 0.6) is 11.5 Å². The molecule has 0 atom stereocenters. The van der Waals surface area contributed by atoms with Crippen LogP contribution in [0.15, 0.2) is 53.7 Å². The predicted molar refractivity (Wildman–Crippen MR) is 105 cm³/mol. The van der Waals surface area contributed by atoms with Crippen LogP contribution < -0.4 is 14.8 Å². The zero-order valence-corrected chi connectivity index (χ0v) is 16.0. The number of aromatic amines is 1. The molecule has 2 aromatic carbocycles. The molecule has 9 heteroatoms. The first-order valence-corrected chi connectivity index (χ1v) is 9.35. The molecule has 1 heterocycles. The fourth-order valence-electron chi connectivity index (χ4n) is 2.08. The molecular formula is C18H17ClN4O3S. The molecule has 3 rings (SSSR count). The van der Waals surface area contributed by atoms with Gasteiger partial charge in [0.15, 0.2) is 6.61 Å². The van der Waals surface area contributed by atoms with E-state index in [1.807, 2.05) is 24.3 Å². The minimum Gasteiger partial charge on any atom is -0.497 e. The van der Waals surface area contributed by atoms with Crippen LogP contribution in [0.3, 0.4) is 0 Å². The molecule has 1 aromatic heterocycles. The lowest BCUT2D eigenvalue weighted by atomic mass is 10.2. The fourth-order valence-corrected chi connectivity index (χ4v) is 2.96. The number of thioether (sulfide) groups is 1. The molecule has 0 aliphatic carbocycles. The first-order valence-electron chi connectivity index (χ1n) is 7.99. The number of nitrogens with zero attached hydrogens (tertiary/aromatic N) is 2. The van der Waals surface area contributed by atoms with E-state index in [1.54, 1.807) is 31.4 Å². The number of carbonyl (C=O) groups is 1. The van der Waals surface area contributed by atoms with Crippen molar-refractivity contribution in [1.82, 2.24) is 15.2 Å². The minimum atomic E-state index is -0.337. The molecule has 0 spiro atoms. The Bertz CT molecular complexity index is 884. The predicted octanol–water partition coefficient (Wildman–Crippen LogP) is 3.78. The molecule has 1 amide bonds. The number of ether oxygens (including phenoxy) is 2. The first-order chi connectivity index (χ1) is 13.1. The van der Waals surface area contributed by atoms with E-state index < -0.39 is 0 Å². The van der Waals surface area contributed by atoms with Crippen LogP contribution in [0.1, 0.15) is 5.56 Å². The summed E-state index contributed by atoms with van der Waals surface area (Å²) in [6.07, 6.45) is 0. The van der Waals surface area contributed by atoms with Crippen molar-refractivity contribution in [3.8, 4) is 11.5 Å². The van der Waals surface area contributed by atoms with Crippen LogP contribution in [0, 0.1) is 0 Å². The van der Waals surface area contributed by atoms with Crippen molar-refractivity contribution in [3.05, 3.63) is 59.1 Å². The molecule has 0 aliphatic rings. The smallest absolute Gasteiger partial charge is 0.264 e. The lowest BCUT2D eigenvalue weighted by Gasteiger charge is -2.06. The molecule has 0 fully saturated rings. The molecule has 140 valence electrons. The maximum atomic E-state index is 12.0. The molecule has 7 nitrogen and oxygen atoms in total. The number of methoxy groups -OCH3 is 1. The number of hydrogen-bond donors (Lipinski definition) is 2. The van der Waals surface area contributed by atoms with Crippen molar-refractivity contribution in [2.45, 2.75) is 10.9 Å². The van der Waals surface area contributed by atoms with Gasteiger partial charge in [0.1, 0.15) is 11.5 Å². The topological polar surface area (TPSA) is 89.1 Å². The number of rotatable bonds is 8. The summed E-state index contributed by atoms with van der Waals surface area (Å²) in [6, 6.07) is 14.5. The summed E-state index contributed by atoms with van der Waals surface area (Å²) in [5.74, 6) is 1.93. The number of H-pyrrole nitrogens is 1. The van der Waals surface area contributed by atoms with E-state index in [0.29, 0.717) is 21.7 Å². The molecule has 0 bridgehead atoms. The molecule has 0 radical (unpaired) electrons. The number of benzene rings is 2. The Morgan fingerprint density at radius 3 is 2.56 bits per heavy atom. The Hall–Kier alpha value is -2.71. The average Bonchev–Trinajstić information content (AvgIpc) is 3.13. The number of halogens is 1. The van der Waals surface area contributed by atoms with Gasteiger partial charge in [-0.25, -0.2) is 5.10 Å².